The largest absolute Gasteiger partial charge is 0.466 e. The Bertz CT molecular complexity index is 855. The van der Waals surface area contributed by atoms with Crippen LogP contribution in [0, 0.1) is 0 Å². The van der Waals surface area contributed by atoms with E-state index in [4.69, 9.17) is 4.74 Å². The van der Waals surface area contributed by atoms with E-state index in [-0.39, 0.29) is 11.9 Å². The fourth-order valence-corrected chi connectivity index (χ4v) is 4.26. The van der Waals surface area contributed by atoms with Gasteiger partial charge in [0.05, 0.1) is 12.7 Å². The molecule has 0 fully saturated rings. The molecule has 0 radical (unpaired) electrons. The quantitative estimate of drug-likeness (QED) is 0.597. The highest BCUT2D eigenvalue weighted by atomic mass is 32.2. The zero-order valence-electron chi connectivity index (χ0n) is 15.3. The Balaban J connectivity index is 1.94. The second-order valence-electron chi connectivity index (χ2n) is 6.29. The minimum Gasteiger partial charge on any atom is -0.466 e. The zero-order valence-corrected chi connectivity index (χ0v) is 16.1. The molecule has 0 bridgehead atoms. The van der Waals surface area contributed by atoms with Crippen molar-refractivity contribution < 1.29 is 9.53 Å². The van der Waals surface area contributed by atoms with E-state index in [9.17, 15) is 4.79 Å². The van der Waals surface area contributed by atoms with Crippen LogP contribution >= 0.6 is 11.8 Å². The molecule has 1 N–H and O–H groups in total. The number of carbonyl (C=O) groups excluding carboxylic acids is 1. The Morgan fingerprint density at radius 3 is 2.50 bits per heavy atom. The van der Waals surface area contributed by atoms with E-state index in [1.54, 1.807) is 11.8 Å². The molecule has 0 aliphatic carbocycles. The van der Waals surface area contributed by atoms with Crippen LogP contribution < -0.4 is 5.32 Å². The number of ether oxygens (including phenoxy) is 1. The van der Waals surface area contributed by atoms with Crippen molar-refractivity contribution in [1.82, 2.24) is 5.32 Å². The summed E-state index contributed by atoms with van der Waals surface area (Å²) < 4.78 is 5.04. The highest BCUT2D eigenvalue weighted by Gasteiger charge is 2.29. The van der Waals surface area contributed by atoms with Gasteiger partial charge in [0.1, 0.15) is 0 Å². The normalized spacial score (nSPS) is 16.7. The maximum atomic E-state index is 12.4. The summed E-state index contributed by atoms with van der Waals surface area (Å²) in [5.41, 5.74) is 4.98. The fourth-order valence-electron chi connectivity index (χ4n) is 3.21. The number of hydrogen-bond acceptors (Lipinski definition) is 4. The predicted molar refractivity (Wildman–Crippen MR) is 107 cm³/mol. The van der Waals surface area contributed by atoms with E-state index in [1.165, 1.54) is 17.6 Å². The second kappa shape index (κ2) is 8.28. The highest BCUT2D eigenvalue weighted by Crippen LogP contribution is 2.38. The number of allylic oxidation sites excluding steroid dienone is 3. The van der Waals surface area contributed by atoms with Crippen LogP contribution in [0.15, 0.2) is 82.5 Å². The van der Waals surface area contributed by atoms with Gasteiger partial charge >= 0.3 is 5.97 Å². The lowest BCUT2D eigenvalue weighted by atomic mass is 9.87. The van der Waals surface area contributed by atoms with Crippen molar-refractivity contribution in [1.29, 1.82) is 0 Å². The summed E-state index contributed by atoms with van der Waals surface area (Å²) >= 11 is 1.79. The van der Waals surface area contributed by atoms with Crippen molar-refractivity contribution in [2.75, 3.05) is 7.11 Å². The minimum absolute atomic E-state index is 0.108. The molecular weight excluding hydrogens is 342 g/mol. The summed E-state index contributed by atoms with van der Waals surface area (Å²) in [5.74, 6) is 0.497. The van der Waals surface area contributed by atoms with Gasteiger partial charge in [-0.25, -0.2) is 4.79 Å². The van der Waals surface area contributed by atoms with Crippen molar-refractivity contribution in [2.24, 2.45) is 0 Å². The van der Waals surface area contributed by atoms with Crippen LogP contribution in [-0.4, -0.2) is 13.1 Å². The first-order valence-electron chi connectivity index (χ1n) is 8.60. The van der Waals surface area contributed by atoms with E-state index in [0.717, 1.165) is 22.7 Å². The molecule has 0 saturated carbocycles. The average Bonchev–Trinajstić information content (AvgIpc) is 2.66. The number of esters is 1. The van der Waals surface area contributed by atoms with E-state index in [0.29, 0.717) is 5.57 Å². The van der Waals surface area contributed by atoms with Gasteiger partial charge in [-0.05, 0) is 31.0 Å². The molecule has 0 spiro atoms. The first-order valence-corrected chi connectivity index (χ1v) is 9.59. The Kier molecular flexibility index (Phi) is 5.84. The Labute approximate surface area is 159 Å². The smallest absolute Gasteiger partial charge is 0.336 e. The fraction of sp³-hybridized carbons (Fsp3) is 0.227. The van der Waals surface area contributed by atoms with Crippen molar-refractivity contribution >= 4 is 17.7 Å². The van der Waals surface area contributed by atoms with Gasteiger partial charge < -0.3 is 10.1 Å². The van der Waals surface area contributed by atoms with Crippen molar-refractivity contribution in [3.63, 3.8) is 0 Å². The monoisotopic (exact) mass is 365 g/mol. The molecule has 0 aromatic heterocycles. The molecule has 1 heterocycles. The van der Waals surface area contributed by atoms with Crippen LogP contribution in [0.5, 0.6) is 0 Å². The number of dihydropyridines is 1. The lowest BCUT2D eigenvalue weighted by Gasteiger charge is -2.26. The van der Waals surface area contributed by atoms with E-state index >= 15 is 0 Å². The number of methoxy groups -OCH3 is 1. The number of hydrogen-bond donors (Lipinski definition) is 1. The van der Waals surface area contributed by atoms with Gasteiger partial charge in [-0.15, -0.1) is 11.8 Å². The third-order valence-electron chi connectivity index (χ3n) is 4.41. The average molecular weight is 365 g/mol. The molecule has 2 aromatic carbocycles. The number of carbonyl (C=O) groups is 1. The van der Waals surface area contributed by atoms with Crippen LogP contribution in [0.1, 0.15) is 30.9 Å². The molecular formula is C22H23NO2S. The number of thioether (sulfide) groups is 1. The summed E-state index contributed by atoms with van der Waals surface area (Å²) in [5, 5.41) is 3.25. The standard InChI is InChI=1S/C22H23NO2S/c1-15-13-19(21(16(2)23-15)22(24)25-3)18-11-7-8-12-20(18)26-14-17-9-5-4-6-10-17/h4-13,19,23H,14H2,1-3H3. The highest BCUT2D eigenvalue weighted by molar-refractivity contribution is 7.98. The van der Waals surface area contributed by atoms with Crippen molar-refractivity contribution in [2.45, 2.75) is 30.4 Å². The molecule has 1 aliphatic rings. The summed E-state index contributed by atoms with van der Waals surface area (Å²) in [6.07, 6.45) is 2.10. The maximum absolute atomic E-state index is 12.4. The number of rotatable bonds is 5. The summed E-state index contributed by atoms with van der Waals surface area (Å²) in [6, 6.07) is 18.7. The van der Waals surface area contributed by atoms with Gasteiger partial charge in [0, 0.05) is 28.0 Å². The summed E-state index contributed by atoms with van der Waals surface area (Å²) in [4.78, 5) is 13.6. The van der Waals surface area contributed by atoms with Crippen LogP contribution in [0.2, 0.25) is 0 Å². The molecule has 134 valence electrons. The first kappa shape index (κ1) is 18.3. The minimum atomic E-state index is -0.286. The van der Waals surface area contributed by atoms with Gasteiger partial charge in [0.25, 0.3) is 0 Å². The van der Waals surface area contributed by atoms with Crippen LogP contribution in [0.4, 0.5) is 0 Å². The molecule has 3 rings (SSSR count). The predicted octanol–water partition coefficient (Wildman–Crippen LogP) is 5.02. The van der Waals surface area contributed by atoms with E-state index in [2.05, 4.69) is 47.8 Å². The van der Waals surface area contributed by atoms with Gasteiger partial charge in [0.15, 0.2) is 0 Å². The van der Waals surface area contributed by atoms with Crippen molar-refractivity contribution in [3.05, 3.63) is 88.8 Å². The molecule has 2 aromatic rings. The Morgan fingerprint density at radius 2 is 1.77 bits per heavy atom. The molecule has 1 unspecified atom stereocenters. The molecule has 0 saturated heterocycles. The van der Waals surface area contributed by atoms with Crippen LogP contribution in [0.3, 0.4) is 0 Å². The first-order chi connectivity index (χ1) is 12.6. The van der Waals surface area contributed by atoms with Gasteiger partial charge in [0.2, 0.25) is 0 Å². The summed E-state index contributed by atoms with van der Waals surface area (Å²) in [6.45, 7) is 3.94. The van der Waals surface area contributed by atoms with E-state index < -0.39 is 0 Å². The van der Waals surface area contributed by atoms with Gasteiger partial charge in [-0.1, -0.05) is 54.6 Å². The molecule has 3 nitrogen and oxygen atoms in total. The maximum Gasteiger partial charge on any atom is 0.336 e. The third-order valence-corrected chi connectivity index (χ3v) is 5.57. The molecule has 4 heteroatoms. The zero-order chi connectivity index (χ0) is 18.5. The second-order valence-corrected chi connectivity index (χ2v) is 7.31. The summed E-state index contributed by atoms with van der Waals surface area (Å²) in [7, 11) is 1.43. The lowest BCUT2D eigenvalue weighted by Crippen LogP contribution is -2.25. The Hall–Kier alpha value is -2.46. The number of nitrogens with one attached hydrogen (secondary N) is 1. The number of benzene rings is 2. The Morgan fingerprint density at radius 1 is 1.08 bits per heavy atom. The molecule has 0 amide bonds. The van der Waals surface area contributed by atoms with Gasteiger partial charge in [-0.3, -0.25) is 0 Å². The molecule has 26 heavy (non-hydrogen) atoms. The lowest BCUT2D eigenvalue weighted by molar-refractivity contribution is -0.136. The SMILES string of the molecule is COC(=O)C1=C(C)NC(C)=CC1c1ccccc1SCc1ccccc1. The molecule has 1 aliphatic heterocycles. The third kappa shape index (κ3) is 4.02. The van der Waals surface area contributed by atoms with Gasteiger partial charge in [-0.2, -0.15) is 0 Å². The topological polar surface area (TPSA) is 38.3 Å². The van der Waals surface area contributed by atoms with Crippen molar-refractivity contribution in [3.8, 4) is 0 Å². The van der Waals surface area contributed by atoms with Crippen LogP contribution in [0.25, 0.3) is 0 Å². The van der Waals surface area contributed by atoms with Crippen LogP contribution in [-0.2, 0) is 15.3 Å². The van der Waals surface area contributed by atoms with E-state index in [1.807, 2.05) is 32.0 Å². The molecule has 1 atom stereocenters.